The third-order valence-electron chi connectivity index (χ3n) is 6.06. The maximum absolute atomic E-state index is 13.2. The van der Waals surface area contributed by atoms with E-state index >= 15 is 0 Å². The van der Waals surface area contributed by atoms with Crippen molar-refractivity contribution < 1.29 is 22.7 Å². The van der Waals surface area contributed by atoms with Gasteiger partial charge in [-0.2, -0.15) is 18.4 Å². The number of methoxy groups -OCH3 is 1. The summed E-state index contributed by atoms with van der Waals surface area (Å²) in [6.45, 7) is 3.13. The van der Waals surface area contributed by atoms with Crippen LogP contribution in [0.15, 0.2) is 24.7 Å². The lowest BCUT2D eigenvalue weighted by atomic mass is 9.90. The van der Waals surface area contributed by atoms with Gasteiger partial charge in [-0.25, -0.2) is 19.7 Å². The second kappa shape index (κ2) is 9.17. The molecule has 1 aliphatic rings. The molecule has 1 aliphatic heterocycles. The minimum atomic E-state index is -4.55. The van der Waals surface area contributed by atoms with Crippen LogP contribution in [0.4, 0.5) is 23.9 Å². The monoisotopic (exact) mass is 473 g/mol. The van der Waals surface area contributed by atoms with E-state index in [4.69, 9.17) is 4.74 Å². The molecule has 1 atom stereocenters. The van der Waals surface area contributed by atoms with Gasteiger partial charge in [-0.15, -0.1) is 0 Å². The molecule has 0 saturated carbocycles. The fourth-order valence-electron chi connectivity index (χ4n) is 4.13. The van der Waals surface area contributed by atoms with Crippen LogP contribution in [0.1, 0.15) is 30.9 Å². The van der Waals surface area contributed by atoms with Gasteiger partial charge in [0, 0.05) is 42.5 Å². The lowest BCUT2D eigenvalue weighted by Crippen LogP contribution is -2.42. The number of hydrogen-bond acceptors (Lipinski definition) is 7. The van der Waals surface area contributed by atoms with Gasteiger partial charge in [0.2, 0.25) is 5.95 Å². The number of rotatable bonds is 4. The van der Waals surface area contributed by atoms with Crippen LogP contribution >= 0.6 is 0 Å². The molecule has 4 heterocycles. The highest BCUT2D eigenvalue weighted by atomic mass is 19.4. The Bertz CT molecular complexity index is 1240. The Morgan fingerprint density at radius 3 is 2.71 bits per heavy atom. The first-order chi connectivity index (χ1) is 16.2. The van der Waals surface area contributed by atoms with Crippen LogP contribution in [0, 0.1) is 17.2 Å². The fourth-order valence-corrected chi connectivity index (χ4v) is 4.13. The van der Waals surface area contributed by atoms with E-state index < -0.39 is 11.7 Å². The van der Waals surface area contributed by atoms with Crippen molar-refractivity contribution in [3.8, 4) is 17.3 Å². The zero-order chi connectivity index (χ0) is 24.5. The number of likely N-dealkylation sites (tertiary alicyclic amines) is 1. The van der Waals surface area contributed by atoms with E-state index in [9.17, 15) is 23.2 Å². The van der Waals surface area contributed by atoms with Crippen LogP contribution < -0.4 is 5.32 Å². The van der Waals surface area contributed by atoms with Gasteiger partial charge in [-0.1, -0.05) is 0 Å². The number of piperidine rings is 1. The van der Waals surface area contributed by atoms with E-state index in [1.165, 1.54) is 19.5 Å². The third-order valence-corrected chi connectivity index (χ3v) is 6.06. The summed E-state index contributed by atoms with van der Waals surface area (Å²) in [7, 11) is 1.35. The quantitative estimate of drug-likeness (QED) is 0.583. The number of nitrogens with one attached hydrogen (secondary N) is 2. The summed E-state index contributed by atoms with van der Waals surface area (Å²) < 4.78 is 44.4. The molecule has 178 valence electrons. The Kier molecular flexibility index (Phi) is 6.28. The number of nitriles is 1. The smallest absolute Gasteiger partial charge is 0.417 e. The number of H-pyrrole nitrogens is 1. The molecule has 3 aromatic heterocycles. The molecule has 12 heteroatoms. The maximum atomic E-state index is 13.2. The number of anilines is 1. The number of aromatic amines is 1. The maximum Gasteiger partial charge on any atom is 0.417 e. The van der Waals surface area contributed by atoms with E-state index in [0.29, 0.717) is 18.7 Å². The molecule has 4 rings (SSSR count). The van der Waals surface area contributed by atoms with E-state index in [2.05, 4.69) is 25.3 Å². The number of ether oxygens (including phenoxy) is 1. The van der Waals surface area contributed by atoms with Gasteiger partial charge >= 0.3 is 12.3 Å². The molecule has 34 heavy (non-hydrogen) atoms. The van der Waals surface area contributed by atoms with E-state index in [1.54, 1.807) is 4.90 Å². The van der Waals surface area contributed by atoms with Gasteiger partial charge in [-0.05, 0) is 31.7 Å². The number of carbonyl (C=O) groups excluding carboxylic acids is 1. The molecule has 3 aromatic rings. The van der Waals surface area contributed by atoms with Crippen LogP contribution in [-0.4, -0.2) is 57.2 Å². The average molecular weight is 473 g/mol. The van der Waals surface area contributed by atoms with Gasteiger partial charge in [0.1, 0.15) is 11.7 Å². The minimum Gasteiger partial charge on any atom is -0.453 e. The van der Waals surface area contributed by atoms with E-state index in [0.717, 1.165) is 25.1 Å². The Balaban J connectivity index is 1.59. The van der Waals surface area contributed by atoms with Crippen LogP contribution in [0.3, 0.4) is 0 Å². The summed E-state index contributed by atoms with van der Waals surface area (Å²) in [4.78, 5) is 28.7. The lowest BCUT2D eigenvalue weighted by molar-refractivity contribution is -0.137. The van der Waals surface area contributed by atoms with Gasteiger partial charge < -0.3 is 19.9 Å². The number of pyridine rings is 1. The van der Waals surface area contributed by atoms with Crippen LogP contribution in [0.2, 0.25) is 0 Å². The minimum absolute atomic E-state index is 0.0398. The highest BCUT2D eigenvalue weighted by Crippen LogP contribution is 2.35. The van der Waals surface area contributed by atoms with Crippen molar-refractivity contribution in [2.45, 2.75) is 32.0 Å². The van der Waals surface area contributed by atoms with Gasteiger partial charge in [-0.3, -0.25) is 0 Å². The predicted molar refractivity (Wildman–Crippen MR) is 117 cm³/mol. The second-order valence-corrected chi connectivity index (χ2v) is 8.12. The molecular formula is C22H22F3N7O2. The van der Waals surface area contributed by atoms with Crippen LogP contribution in [0.25, 0.3) is 22.3 Å². The number of nitrogens with zero attached hydrogens (tertiary/aromatic N) is 5. The standard InChI is InChI=1S/C22H22F3N7O2/c1-12(13-3-5-32(6-4-13)21(33)34-2)30-20-29-9-14(8-26)18(31-20)17-11-28-19-16(17)7-15(10-27-19)22(23,24)25/h7,9-13H,3-6H2,1-2H3,(H,27,28)(H,29,30,31). The molecule has 2 N–H and O–H groups in total. The van der Waals surface area contributed by atoms with Crippen molar-refractivity contribution in [2.24, 2.45) is 5.92 Å². The Labute approximate surface area is 193 Å². The first-order valence-electron chi connectivity index (χ1n) is 10.6. The summed E-state index contributed by atoms with van der Waals surface area (Å²) in [6, 6.07) is 2.95. The Morgan fingerprint density at radius 2 is 2.06 bits per heavy atom. The molecule has 0 spiro atoms. The number of alkyl halides is 3. The fraction of sp³-hybridized carbons (Fsp3) is 0.409. The van der Waals surface area contributed by atoms with E-state index in [-0.39, 0.29) is 46.3 Å². The molecule has 1 amide bonds. The number of hydrogen-bond donors (Lipinski definition) is 2. The Hall–Kier alpha value is -3.88. The number of carbonyl (C=O) groups is 1. The lowest BCUT2D eigenvalue weighted by Gasteiger charge is -2.34. The molecule has 1 unspecified atom stereocenters. The average Bonchev–Trinajstić information content (AvgIpc) is 3.26. The van der Waals surface area contributed by atoms with Gasteiger partial charge in [0.05, 0.1) is 30.1 Å². The van der Waals surface area contributed by atoms with E-state index in [1.807, 2.05) is 13.0 Å². The molecule has 0 bridgehead atoms. The number of aromatic nitrogens is 4. The van der Waals surface area contributed by atoms with Crippen molar-refractivity contribution in [2.75, 3.05) is 25.5 Å². The summed E-state index contributed by atoms with van der Waals surface area (Å²) in [5.74, 6) is 0.501. The number of fused-ring (bicyclic) bond motifs is 1. The molecule has 0 radical (unpaired) electrons. The van der Waals surface area contributed by atoms with Crippen LogP contribution in [0.5, 0.6) is 0 Å². The first kappa shape index (κ1) is 23.3. The van der Waals surface area contributed by atoms with Crippen molar-refractivity contribution in [1.29, 1.82) is 5.26 Å². The summed E-state index contributed by atoms with van der Waals surface area (Å²) >= 11 is 0. The predicted octanol–water partition coefficient (Wildman–Crippen LogP) is 4.19. The largest absolute Gasteiger partial charge is 0.453 e. The number of amides is 1. The molecule has 1 saturated heterocycles. The molecule has 1 fully saturated rings. The van der Waals surface area contributed by atoms with Crippen molar-refractivity contribution >= 4 is 23.1 Å². The molecule has 0 aliphatic carbocycles. The highest BCUT2D eigenvalue weighted by Gasteiger charge is 2.32. The highest BCUT2D eigenvalue weighted by molar-refractivity contribution is 5.94. The normalized spacial score (nSPS) is 15.7. The summed E-state index contributed by atoms with van der Waals surface area (Å²) in [5, 5.41) is 13.0. The molecular weight excluding hydrogens is 451 g/mol. The molecule has 9 nitrogen and oxygen atoms in total. The van der Waals surface area contributed by atoms with Gasteiger partial charge in [0.25, 0.3) is 0 Å². The van der Waals surface area contributed by atoms with Crippen molar-refractivity contribution in [1.82, 2.24) is 24.8 Å². The zero-order valence-electron chi connectivity index (χ0n) is 18.5. The van der Waals surface area contributed by atoms with Crippen LogP contribution in [-0.2, 0) is 10.9 Å². The Morgan fingerprint density at radius 1 is 1.32 bits per heavy atom. The van der Waals surface area contributed by atoms with Crippen molar-refractivity contribution in [3.63, 3.8) is 0 Å². The second-order valence-electron chi connectivity index (χ2n) is 8.12. The van der Waals surface area contributed by atoms with Crippen molar-refractivity contribution in [3.05, 3.63) is 35.8 Å². The summed E-state index contributed by atoms with van der Waals surface area (Å²) in [5.41, 5.74) is 0.0297. The first-order valence-corrected chi connectivity index (χ1v) is 10.6. The summed E-state index contributed by atoms with van der Waals surface area (Å²) in [6.07, 6.45) is 0.218. The topological polar surface area (TPSA) is 120 Å². The zero-order valence-corrected chi connectivity index (χ0v) is 18.5. The van der Waals surface area contributed by atoms with Gasteiger partial charge in [0.15, 0.2) is 0 Å². The number of halogens is 3. The SMILES string of the molecule is COC(=O)N1CCC(C(C)Nc2ncc(C#N)c(-c3c[nH]c4ncc(C(F)(F)F)cc34)n2)CC1. The third kappa shape index (κ3) is 4.59. The molecule has 0 aromatic carbocycles.